The number of ether oxygens (including phenoxy) is 2. The number of esters is 1. The molecular weight excluding hydrogens is 296 g/mol. The SMILES string of the molecule is C=CCN1C[C@@H]2CN(C(=O)COC)CCC[C@]2(C(=O)OCC)C1. The molecule has 6 heteroatoms. The molecule has 2 saturated heterocycles. The molecular formula is C17H28N2O4. The third-order valence-electron chi connectivity index (χ3n) is 4.95. The normalized spacial score (nSPS) is 28.1. The highest BCUT2D eigenvalue weighted by Crippen LogP contribution is 2.43. The molecule has 0 spiro atoms. The zero-order valence-electron chi connectivity index (χ0n) is 14.3. The van der Waals surface area contributed by atoms with Crippen molar-refractivity contribution in [1.29, 1.82) is 0 Å². The Morgan fingerprint density at radius 1 is 1.39 bits per heavy atom. The Hall–Kier alpha value is -1.40. The zero-order valence-corrected chi connectivity index (χ0v) is 14.3. The van der Waals surface area contributed by atoms with Crippen LogP contribution >= 0.6 is 0 Å². The molecule has 0 unspecified atom stereocenters. The Bertz CT molecular complexity index is 454. The average Bonchev–Trinajstić information content (AvgIpc) is 2.75. The van der Waals surface area contributed by atoms with E-state index >= 15 is 0 Å². The first-order chi connectivity index (χ1) is 11.1. The minimum atomic E-state index is -0.499. The molecule has 2 fully saturated rings. The Morgan fingerprint density at radius 3 is 2.83 bits per heavy atom. The van der Waals surface area contributed by atoms with Crippen molar-refractivity contribution in [3.63, 3.8) is 0 Å². The third-order valence-corrected chi connectivity index (χ3v) is 4.95. The lowest BCUT2D eigenvalue weighted by Crippen LogP contribution is -2.44. The van der Waals surface area contributed by atoms with Crippen molar-refractivity contribution < 1.29 is 19.1 Å². The van der Waals surface area contributed by atoms with Crippen LogP contribution < -0.4 is 0 Å². The molecule has 0 saturated carbocycles. The predicted molar refractivity (Wildman–Crippen MR) is 86.9 cm³/mol. The number of amides is 1. The highest BCUT2D eigenvalue weighted by atomic mass is 16.5. The molecule has 1 amide bonds. The average molecular weight is 324 g/mol. The summed E-state index contributed by atoms with van der Waals surface area (Å²) in [5, 5.41) is 0. The molecule has 0 aromatic heterocycles. The van der Waals surface area contributed by atoms with Crippen LogP contribution in [0.15, 0.2) is 12.7 Å². The zero-order chi connectivity index (χ0) is 16.9. The smallest absolute Gasteiger partial charge is 0.313 e. The first-order valence-electron chi connectivity index (χ1n) is 8.34. The van der Waals surface area contributed by atoms with Crippen molar-refractivity contribution in [2.75, 3.05) is 53.0 Å². The maximum Gasteiger partial charge on any atom is 0.313 e. The Kier molecular flexibility index (Phi) is 6.18. The van der Waals surface area contributed by atoms with Crippen molar-refractivity contribution in [2.24, 2.45) is 11.3 Å². The fourth-order valence-electron chi connectivity index (χ4n) is 3.91. The summed E-state index contributed by atoms with van der Waals surface area (Å²) < 4.78 is 10.4. The molecule has 0 N–H and O–H groups in total. The molecule has 0 aliphatic carbocycles. The largest absolute Gasteiger partial charge is 0.466 e. The number of carbonyl (C=O) groups is 2. The van der Waals surface area contributed by atoms with Gasteiger partial charge in [-0.25, -0.2) is 0 Å². The standard InChI is InChI=1S/C17H28N2O4/c1-4-8-18-10-14-11-19(15(20)12-22-3)9-6-7-17(14,13-18)16(21)23-5-2/h4,14H,1,5-13H2,2-3H3/t14-,17+/m1/s1. The van der Waals surface area contributed by atoms with Gasteiger partial charge in [0, 0.05) is 45.8 Å². The van der Waals surface area contributed by atoms with E-state index in [0.29, 0.717) is 26.2 Å². The van der Waals surface area contributed by atoms with Crippen LogP contribution in [0.3, 0.4) is 0 Å². The molecule has 6 nitrogen and oxygen atoms in total. The summed E-state index contributed by atoms with van der Waals surface area (Å²) >= 11 is 0. The van der Waals surface area contributed by atoms with Crippen LogP contribution in [0.1, 0.15) is 19.8 Å². The first-order valence-corrected chi connectivity index (χ1v) is 8.34. The molecule has 23 heavy (non-hydrogen) atoms. The van der Waals surface area contributed by atoms with Crippen molar-refractivity contribution in [2.45, 2.75) is 19.8 Å². The second-order valence-corrected chi connectivity index (χ2v) is 6.43. The third kappa shape index (κ3) is 3.75. The summed E-state index contributed by atoms with van der Waals surface area (Å²) in [4.78, 5) is 29.0. The van der Waals surface area contributed by atoms with Crippen molar-refractivity contribution in [3.05, 3.63) is 12.7 Å². The minimum absolute atomic E-state index is 0.00525. The number of fused-ring (bicyclic) bond motifs is 1. The second kappa shape index (κ2) is 7.93. The van der Waals surface area contributed by atoms with Gasteiger partial charge in [-0.1, -0.05) is 6.08 Å². The van der Waals surface area contributed by atoms with E-state index in [2.05, 4.69) is 11.5 Å². The van der Waals surface area contributed by atoms with Gasteiger partial charge in [-0.05, 0) is 19.8 Å². The van der Waals surface area contributed by atoms with Crippen LogP contribution in [0, 0.1) is 11.3 Å². The fourth-order valence-corrected chi connectivity index (χ4v) is 3.91. The number of likely N-dealkylation sites (tertiary alicyclic amines) is 2. The number of nitrogens with zero attached hydrogens (tertiary/aromatic N) is 2. The molecule has 130 valence electrons. The number of carbonyl (C=O) groups excluding carboxylic acids is 2. The van der Waals surface area contributed by atoms with Crippen molar-refractivity contribution in [1.82, 2.24) is 9.80 Å². The van der Waals surface area contributed by atoms with Gasteiger partial charge in [0.25, 0.3) is 0 Å². The van der Waals surface area contributed by atoms with Gasteiger partial charge in [0.05, 0.1) is 12.0 Å². The molecule has 2 aliphatic rings. The van der Waals surface area contributed by atoms with E-state index in [1.165, 1.54) is 7.11 Å². The van der Waals surface area contributed by atoms with E-state index in [4.69, 9.17) is 9.47 Å². The number of rotatable bonds is 6. The summed E-state index contributed by atoms with van der Waals surface area (Å²) in [7, 11) is 1.53. The molecule has 2 atom stereocenters. The van der Waals surface area contributed by atoms with Gasteiger partial charge in [0.15, 0.2) is 0 Å². The van der Waals surface area contributed by atoms with Crippen molar-refractivity contribution in [3.8, 4) is 0 Å². The van der Waals surface area contributed by atoms with Gasteiger partial charge >= 0.3 is 5.97 Å². The molecule has 2 rings (SSSR count). The van der Waals surface area contributed by atoms with Gasteiger partial charge in [0.2, 0.25) is 5.91 Å². The first kappa shape index (κ1) is 17.9. The summed E-state index contributed by atoms with van der Waals surface area (Å²) in [5.74, 6) is -0.0169. The van der Waals surface area contributed by atoms with Gasteiger partial charge in [-0.2, -0.15) is 0 Å². The maximum atomic E-state index is 12.7. The van der Waals surface area contributed by atoms with Gasteiger partial charge in [-0.3, -0.25) is 14.5 Å². The minimum Gasteiger partial charge on any atom is -0.466 e. The Balaban J connectivity index is 2.20. The van der Waals surface area contributed by atoms with E-state index in [0.717, 1.165) is 25.9 Å². The van der Waals surface area contributed by atoms with Crippen LogP contribution in [-0.2, 0) is 19.1 Å². The molecule has 0 aromatic rings. The van der Waals surface area contributed by atoms with E-state index in [1.54, 1.807) is 0 Å². The monoisotopic (exact) mass is 324 g/mol. The van der Waals surface area contributed by atoms with E-state index in [1.807, 2.05) is 17.9 Å². The summed E-state index contributed by atoms with van der Waals surface area (Å²) in [6.07, 6.45) is 3.44. The molecule has 0 radical (unpaired) electrons. The topological polar surface area (TPSA) is 59.1 Å². The van der Waals surface area contributed by atoms with Gasteiger partial charge < -0.3 is 14.4 Å². The number of methoxy groups -OCH3 is 1. The number of hydrogen-bond donors (Lipinski definition) is 0. The van der Waals surface area contributed by atoms with Crippen LogP contribution in [0.5, 0.6) is 0 Å². The van der Waals surface area contributed by atoms with E-state index in [9.17, 15) is 9.59 Å². The number of hydrogen-bond acceptors (Lipinski definition) is 5. The lowest BCUT2D eigenvalue weighted by Gasteiger charge is -2.31. The van der Waals surface area contributed by atoms with E-state index in [-0.39, 0.29) is 24.4 Å². The lowest BCUT2D eigenvalue weighted by atomic mass is 9.75. The van der Waals surface area contributed by atoms with Gasteiger partial charge in [0.1, 0.15) is 6.61 Å². The van der Waals surface area contributed by atoms with Crippen molar-refractivity contribution >= 4 is 11.9 Å². The summed E-state index contributed by atoms with van der Waals surface area (Å²) in [6.45, 7) is 9.62. The predicted octanol–water partition coefficient (Wildman–Crippen LogP) is 0.923. The van der Waals surface area contributed by atoms with E-state index < -0.39 is 5.41 Å². The molecule has 2 heterocycles. The van der Waals surface area contributed by atoms with Gasteiger partial charge in [-0.15, -0.1) is 6.58 Å². The fraction of sp³-hybridized carbons (Fsp3) is 0.765. The van der Waals surface area contributed by atoms with Crippen LogP contribution in [0.4, 0.5) is 0 Å². The Labute approximate surface area is 138 Å². The Morgan fingerprint density at radius 2 is 2.17 bits per heavy atom. The van der Waals surface area contributed by atoms with Crippen LogP contribution in [-0.4, -0.2) is 74.7 Å². The summed E-state index contributed by atoms with van der Waals surface area (Å²) in [6, 6.07) is 0. The second-order valence-electron chi connectivity index (χ2n) is 6.43. The molecule has 0 aromatic carbocycles. The molecule has 2 aliphatic heterocycles. The highest BCUT2D eigenvalue weighted by molar-refractivity contribution is 5.80. The maximum absolute atomic E-state index is 12.7. The molecule has 0 bridgehead atoms. The quantitative estimate of drug-likeness (QED) is 0.537. The lowest BCUT2D eigenvalue weighted by molar-refractivity contribution is -0.158. The summed E-state index contributed by atoms with van der Waals surface area (Å²) in [5.41, 5.74) is -0.499. The highest BCUT2D eigenvalue weighted by Gasteiger charge is 2.54. The van der Waals surface area contributed by atoms with Crippen LogP contribution in [0.2, 0.25) is 0 Å². The van der Waals surface area contributed by atoms with Crippen LogP contribution in [0.25, 0.3) is 0 Å².